The number of carbonyl (C=O) groups excluding carboxylic acids is 1. The molecule has 0 N–H and O–H groups in total. The van der Waals surface area contributed by atoms with Gasteiger partial charge in [-0.1, -0.05) is 23.2 Å². The maximum Gasteiger partial charge on any atom is 0.344 e. The number of esters is 1. The van der Waals surface area contributed by atoms with Gasteiger partial charge in [-0.05, 0) is 25.5 Å². The molecule has 88 valence electrons. The van der Waals surface area contributed by atoms with E-state index in [-0.39, 0.29) is 6.61 Å². The molecule has 1 rings (SSSR count). The van der Waals surface area contributed by atoms with Gasteiger partial charge in [-0.25, -0.2) is 4.79 Å². The van der Waals surface area contributed by atoms with E-state index in [4.69, 9.17) is 32.7 Å². The molecule has 0 radical (unpaired) electrons. The van der Waals surface area contributed by atoms with E-state index in [0.29, 0.717) is 22.4 Å². The molecule has 0 aliphatic rings. The molecule has 0 atom stereocenters. The van der Waals surface area contributed by atoms with Crippen LogP contribution in [0.15, 0.2) is 12.1 Å². The van der Waals surface area contributed by atoms with Gasteiger partial charge in [-0.2, -0.15) is 0 Å². The molecule has 0 heterocycles. The summed E-state index contributed by atoms with van der Waals surface area (Å²) < 4.78 is 10.0. The van der Waals surface area contributed by atoms with Gasteiger partial charge in [-0.3, -0.25) is 0 Å². The summed E-state index contributed by atoms with van der Waals surface area (Å²) in [5.41, 5.74) is 0.818. The number of benzene rings is 1. The number of hydrogen-bond acceptors (Lipinski definition) is 3. The highest BCUT2D eigenvalue weighted by atomic mass is 35.5. The molecular formula is C11H12Cl2O3. The monoisotopic (exact) mass is 262 g/mol. The highest BCUT2D eigenvalue weighted by Crippen LogP contribution is 2.29. The summed E-state index contributed by atoms with van der Waals surface area (Å²) in [6, 6.07) is 3.27. The van der Waals surface area contributed by atoms with E-state index < -0.39 is 5.97 Å². The van der Waals surface area contributed by atoms with E-state index in [1.54, 1.807) is 19.1 Å². The molecule has 16 heavy (non-hydrogen) atoms. The van der Waals surface area contributed by atoms with Crippen molar-refractivity contribution in [3.8, 4) is 5.75 Å². The van der Waals surface area contributed by atoms with Gasteiger partial charge in [0.2, 0.25) is 0 Å². The second-order valence-electron chi connectivity index (χ2n) is 3.13. The quantitative estimate of drug-likeness (QED) is 0.782. The second kappa shape index (κ2) is 5.97. The van der Waals surface area contributed by atoms with Gasteiger partial charge in [0, 0.05) is 6.07 Å². The Balaban J connectivity index is 2.67. The lowest BCUT2D eigenvalue weighted by Gasteiger charge is -2.09. The van der Waals surface area contributed by atoms with E-state index >= 15 is 0 Å². The SMILES string of the molecule is CCOC(=O)COc1cc(Cl)c(Cl)cc1C. The number of halogens is 2. The van der Waals surface area contributed by atoms with Crippen molar-refractivity contribution in [3.63, 3.8) is 0 Å². The van der Waals surface area contributed by atoms with E-state index in [9.17, 15) is 4.79 Å². The van der Waals surface area contributed by atoms with Crippen molar-refractivity contribution < 1.29 is 14.3 Å². The number of carbonyl (C=O) groups is 1. The third-order valence-corrected chi connectivity index (χ3v) is 2.59. The zero-order valence-electron chi connectivity index (χ0n) is 9.05. The molecule has 0 unspecified atom stereocenters. The lowest BCUT2D eigenvalue weighted by molar-refractivity contribution is -0.145. The third-order valence-electron chi connectivity index (χ3n) is 1.87. The van der Waals surface area contributed by atoms with Crippen LogP contribution in [0, 0.1) is 6.92 Å². The van der Waals surface area contributed by atoms with Crippen LogP contribution in [-0.4, -0.2) is 19.2 Å². The van der Waals surface area contributed by atoms with Crippen molar-refractivity contribution in [2.24, 2.45) is 0 Å². The Labute approximate surface area is 104 Å². The molecule has 0 aromatic heterocycles. The van der Waals surface area contributed by atoms with Crippen molar-refractivity contribution in [2.75, 3.05) is 13.2 Å². The molecule has 0 aliphatic heterocycles. The molecule has 1 aromatic rings. The van der Waals surface area contributed by atoms with Crippen molar-refractivity contribution in [3.05, 3.63) is 27.7 Å². The predicted molar refractivity (Wildman–Crippen MR) is 63.3 cm³/mol. The van der Waals surface area contributed by atoms with Crippen LogP contribution in [-0.2, 0) is 9.53 Å². The van der Waals surface area contributed by atoms with Crippen molar-refractivity contribution in [1.82, 2.24) is 0 Å². The average Bonchev–Trinajstić information content (AvgIpc) is 2.22. The zero-order chi connectivity index (χ0) is 12.1. The largest absolute Gasteiger partial charge is 0.482 e. The molecule has 0 bridgehead atoms. The average molecular weight is 263 g/mol. The standard InChI is InChI=1S/C11H12Cl2O3/c1-3-15-11(14)6-16-10-5-9(13)8(12)4-7(10)2/h4-5H,3,6H2,1-2H3. The first kappa shape index (κ1) is 13.1. The number of ether oxygens (including phenoxy) is 2. The molecule has 5 heteroatoms. The Morgan fingerprint density at radius 1 is 1.31 bits per heavy atom. The summed E-state index contributed by atoms with van der Waals surface area (Å²) in [6.45, 7) is 3.76. The van der Waals surface area contributed by atoms with Gasteiger partial charge in [0.25, 0.3) is 0 Å². The van der Waals surface area contributed by atoms with Gasteiger partial charge in [0.15, 0.2) is 6.61 Å². The number of aryl methyl sites for hydroxylation is 1. The molecule has 0 saturated heterocycles. The maximum atomic E-state index is 11.1. The van der Waals surface area contributed by atoms with E-state index in [0.717, 1.165) is 5.56 Å². The molecule has 1 aromatic carbocycles. The molecule has 0 spiro atoms. The number of hydrogen-bond donors (Lipinski definition) is 0. The van der Waals surface area contributed by atoms with Gasteiger partial charge in [0.05, 0.1) is 16.7 Å². The van der Waals surface area contributed by atoms with Crippen LogP contribution in [0.3, 0.4) is 0 Å². The molecule has 0 aliphatic carbocycles. The summed E-state index contributed by atoms with van der Waals surface area (Å²) in [5.74, 6) is 0.121. The molecule has 0 amide bonds. The second-order valence-corrected chi connectivity index (χ2v) is 3.94. The van der Waals surface area contributed by atoms with E-state index in [1.165, 1.54) is 0 Å². The van der Waals surface area contributed by atoms with Crippen LogP contribution >= 0.6 is 23.2 Å². The number of rotatable bonds is 4. The lowest BCUT2D eigenvalue weighted by atomic mass is 10.2. The van der Waals surface area contributed by atoms with Crippen LogP contribution in [0.4, 0.5) is 0 Å². The molecular weight excluding hydrogens is 251 g/mol. The van der Waals surface area contributed by atoms with Crippen LogP contribution in [0.5, 0.6) is 5.75 Å². The Hall–Kier alpha value is -0.930. The van der Waals surface area contributed by atoms with Crippen LogP contribution < -0.4 is 4.74 Å². The summed E-state index contributed by atoms with van der Waals surface area (Å²) >= 11 is 11.7. The predicted octanol–water partition coefficient (Wildman–Crippen LogP) is 3.24. The van der Waals surface area contributed by atoms with Gasteiger partial charge in [0.1, 0.15) is 5.75 Å². The normalized spacial score (nSPS) is 10.0. The topological polar surface area (TPSA) is 35.5 Å². The lowest BCUT2D eigenvalue weighted by Crippen LogP contribution is -2.14. The fourth-order valence-corrected chi connectivity index (χ4v) is 1.49. The highest BCUT2D eigenvalue weighted by molar-refractivity contribution is 6.42. The van der Waals surface area contributed by atoms with Gasteiger partial charge in [-0.15, -0.1) is 0 Å². The van der Waals surface area contributed by atoms with Gasteiger partial charge >= 0.3 is 5.97 Å². The summed E-state index contributed by atoms with van der Waals surface area (Å²) in [7, 11) is 0. The minimum Gasteiger partial charge on any atom is -0.482 e. The zero-order valence-corrected chi connectivity index (χ0v) is 10.6. The Morgan fingerprint density at radius 3 is 2.56 bits per heavy atom. The van der Waals surface area contributed by atoms with Crippen LogP contribution in [0.2, 0.25) is 10.0 Å². The summed E-state index contributed by atoms with van der Waals surface area (Å²) in [6.07, 6.45) is 0. The first-order valence-electron chi connectivity index (χ1n) is 4.78. The van der Waals surface area contributed by atoms with Gasteiger partial charge < -0.3 is 9.47 Å². The Morgan fingerprint density at radius 2 is 1.94 bits per heavy atom. The van der Waals surface area contributed by atoms with Crippen LogP contribution in [0.1, 0.15) is 12.5 Å². The molecule has 0 saturated carbocycles. The van der Waals surface area contributed by atoms with Crippen molar-refractivity contribution in [2.45, 2.75) is 13.8 Å². The Kier molecular flexibility index (Phi) is 4.90. The minimum atomic E-state index is -0.409. The molecule has 3 nitrogen and oxygen atoms in total. The summed E-state index contributed by atoms with van der Waals surface area (Å²) in [4.78, 5) is 11.1. The molecule has 0 fully saturated rings. The Bertz CT molecular complexity index is 391. The highest BCUT2D eigenvalue weighted by Gasteiger charge is 2.08. The maximum absolute atomic E-state index is 11.1. The first-order valence-corrected chi connectivity index (χ1v) is 5.54. The fraction of sp³-hybridized carbons (Fsp3) is 0.364. The van der Waals surface area contributed by atoms with Crippen molar-refractivity contribution in [1.29, 1.82) is 0 Å². The minimum absolute atomic E-state index is 0.132. The summed E-state index contributed by atoms with van der Waals surface area (Å²) in [5, 5.41) is 0.855. The van der Waals surface area contributed by atoms with E-state index in [1.807, 2.05) is 6.92 Å². The third kappa shape index (κ3) is 3.58. The first-order chi connectivity index (χ1) is 7.54. The van der Waals surface area contributed by atoms with E-state index in [2.05, 4.69) is 0 Å². The fourth-order valence-electron chi connectivity index (χ4n) is 1.12. The van der Waals surface area contributed by atoms with Crippen molar-refractivity contribution >= 4 is 29.2 Å². The van der Waals surface area contributed by atoms with Crippen LogP contribution in [0.25, 0.3) is 0 Å². The smallest absolute Gasteiger partial charge is 0.344 e.